The molecule has 1 aliphatic rings. The molecule has 1 aromatic rings. The summed E-state index contributed by atoms with van der Waals surface area (Å²) in [6.07, 6.45) is 4.46. The average Bonchev–Trinajstić information content (AvgIpc) is 2.75. The van der Waals surface area contributed by atoms with Crippen LogP contribution < -0.4 is 5.32 Å². The topological polar surface area (TPSA) is 58.0 Å². The molecule has 0 amide bonds. The van der Waals surface area contributed by atoms with E-state index in [1.807, 2.05) is 18.7 Å². The van der Waals surface area contributed by atoms with Crippen LogP contribution in [0.5, 0.6) is 0 Å². The van der Waals surface area contributed by atoms with Crippen molar-refractivity contribution in [2.75, 3.05) is 13.2 Å². The molecule has 2 N–H and O–H groups in total. The van der Waals surface area contributed by atoms with Crippen LogP contribution in [0.15, 0.2) is 4.34 Å². The fourth-order valence-electron chi connectivity index (χ4n) is 2.61. The summed E-state index contributed by atoms with van der Waals surface area (Å²) in [5.41, 5.74) is -0.0790. The maximum absolute atomic E-state index is 9.66. The maximum Gasteiger partial charge on any atom is 0.170 e. The van der Waals surface area contributed by atoms with E-state index in [9.17, 15) is 5.11 Å². The Hall–Kier alpha value is -0.170. The lowest BCUT2D eigenvalue weighted by Crippen LogP contribution is -2.52. The van der Waals surface area contributed by atoms with Crippen LogP contribution in [-0.4, -0.2) is 38.4 Å². The Morgan fingerprint density at radius 2 is 2.44 bits per heavy atom. The van der Waals surface area contributed by atoms with Gasteiger partial charge in [-0.25, -0.2) is 4.98 Å². The summed E-state index contributed by atoms with van der Waals surface area (Å²) in [5, 5.41) is 13.7. The van der Waals surface area contributed by atoms with Crippen LogP contribution in [0.2, 0.25) is 0 Å². The molecular formula is C12H21N3OS2. The third-order valence-corrected chi connectivity index (χ3v) is 5.57. The van der Waals surface area contributed by atoms with E-state index in [1.54, 1.807) is 0 Å². The number of thioether (sulfide) groups is 1. The molecule has 0 aromatic carbocycles. The minimum Gasteiger partial charge on any atom is -0.394 e. The highest BCUT2D eigenvalue weighted by molar-refractivity contribution is 8.01. The smallest absolute Gasteiger partial charge is 0.170 e. The molecule has 1 saturated carbocycles. The van der Waals surface area contributed by atoms with Gasteiger partial charge in [0.15, 0.2) is 4.34 Å². The van der Waals surface area contributed by atoms with Gasteiger partial charge < -0.3 is 10.4 Å². The van der Waals surface area contributed by atoms with Gasteiger partial charge in [-0.05, 0) is 44.3 Å². The van der Waals surface area contributed by atoms with Crippen molar-refractivity contribution in [2.45, 2.75) is 54.7 Å². The van der Waals surface area contributed by atoms with E-state index in [1.165, 1.54) is 24.4 Å². The summed E-state index contributed by atoms with van der Waals surface area (Å²) in [5.74, 6) is 0.860. The highest BCUT2D eigenvalue weighted by atomic mass is 32.2. The number of nitrogens with one attached hydrogen (secondary N) is 1. The third-order valence-electron chi connectivity index (χ3n) is 3.43. The molecule has 0 radical (unpaired) electrons. The Balaban J connectivity index is 1.97. The number of aryl methyl sites for hydroxylation is 1. The average molecular weight is 287 g/mol. The molecule has 1 aromatic heterocycles. The van der Waals surface area contributed by atoms with E-state index in [4.69, 9.17) is 0 Å². The second-order valence-corrected chi connectivity index (χ2v) is 7.21. The molecule has 18 heavy (non-hydrogen) atoms. The van der Waals surface area contributed by atoms with Gasteiger partial charge in [0.05, 0.1) is 6.61 Å². The van der Waals surface area contributed by atoms with Crippen LogP contribution in [-0.2, 0) is 0 Å². The number of aliphatic hydroxyl groups excluding tert-OH is 1. The minimum atomic E-state index is -0.0790. The van der Waals surface area contributed by atoms with Gasteiger partial charge in [0.1, 0.15) is 5.82 Å². The van der Waals surface area contributed by atoms with Crippen molar-refractivity contribution in [1.82, 2.24) is 14.7 Å². The molecule has 2 unspecified atom stereocenters. The number of rotatable bonds is 5. The second kappa shape index (κ2) is 6.32. The van der Waals surface area contributed by atoms with Crippen LogP contribution in [0.3, 0.4) is 0 Å². The molecule has 0 spiro atoms. The number of hydrogen-bond acceptors (Lipinski definition) is 6. The van der Waals surface area contributed by atoms with Gasteiger partial charge in [-0.2, -0.15) is 4.37 Å². The van der Waals surface area contributed by atoms with E-state index in [0.717, 1.165) is 29.6 Å². The fourth-order valence-corrected chi connectivity index (χ4v) is 4.89. The van der Waals surface area contributed by atoms with E-state index in [0.29, 0.717) is 5.25 Å². The zero-order valence-electron chi connectivity index (χ0n) is 11.0. The summed E-state index contributed by atoms with van der Waals surface area (Å²) in [7, 11) is 0. The summed E-state index contributed by atoms with van der Waals surface area (Å²) >= 11 is 3.31. The number of aliphatic hydroxyl groups is 1. The molecule has 102 valence electrons. The number of aromatic nitrogens is 2. The number of likely N-dealkylation sites (N-methyl/N-ethyl adjacent to an activating group) is 1. The standard InChI is InChI=1S/C12H21N3OS2/c1-3-13-12(8-16)6-4-5-10(7-12)17-11-14-9(2)15-18-11/h10,13,16H,3-8H2,1-2H3. The molecule has 1 heterocycles. The summed E-state index contributed by atoms with van der Waals surface area (Å²) < 4.78 is 5.28. The van der Waals surface area contributed by atoms with Crippen LogP contribution in [0.4, 0.5) is 0 Å². The molecule has 6 heteroatoms. The first-order chi connectivity index (χ1) is 8.67. The highest BCUT2D eigenvalue weighted by Gasteiger charge is 2.35. The minimum absolute atomic E-state index is 0.0790. The Morgan fingerprint density at radius 1 is 1.61 bits per heavy atom. The van der Waals surface area contributed by atoms with Crippen molar-refractivity contribution in [3.05, 3.63) is 5.82 Å². The molecule has 2 rings (SSSR count). The zero-order chi connectivity index (χ0) is 13.0. The fraction of sp³-hybridized carbons (Fsp3) is 0.833. The molecule has 0 bridgehead atoms. The lowest BCUT2D eigenvalue weighted by molar-refractivity contribution is 0.125. The Bertz CT molecular complexity index is 381. The van der Waals surface area contributed by atoms with Gasteiger partial charge in [0.25, 0.3) is 0 Å². The Kier molecular flexibility index (Phi) is 5.00. The Morgan fingerprint density at radius 3 is 3.06 bits per heavy atom. The molecule has 1 aliphatic carbocycles. The van der Waals surface area contributed by atoms with Crippen molar-refractivity contribution in [3.63, 3.8) is 0 Å². The molecular weight excluding hydrogens is 266 g/mol. The molecule has 1 fully saturated rings. The van der Waals surface area contributed by atoms with Crippen molar-refractivity contribution in [2.24, 2.45) is 0 Å². The monoisotopic (exact) mass is 287 g/mol. The van der Waals surface area contributed by atoms with E-state index < -0.39 is 0 Å². The summed E-state index contributed by atoms with van der Waals surface area (Å²) in [6, 6.07) is 0. The van der Waals surface area contributed by atoms with E-state index in [-0.39, 0.29) is 12.1 Å². The Labute approximate surface area is 117 Å². The maximum atomic E-state index is 9.66. The van der Waals surface area contributed by atoms with E-state index in [2.05, 4.69) is 21.6 Å². The lowest BCUT2D eigenvalue weighted by atomic mass is 9.82. The second-order valence-electron chi connectivity index (χ2n) is 4.91. The zero-order valence-corrected chi connectivity index (χ0v) is 12.6. The van der Waals surface area contributed by atoms with Crippen molar-refractivity contribution in [3.8, 4) is 0 Å². The first kappa shape index (κ1) is 14.2. The van der Waals surface area contributed by atoms with Gasteiger partial charge in [0.2, 0.25) is 0 Å². The third kappa shape index (κ3) is 3.44. The summed E-state index contributed by atoms with van der Waals surface area (Å²) in [4.78, 5) is 4.41. The van der Waals surface area contributed by atoms with Gasteiger partial charge in [0, 0.05) is 10.8 Å². The molecule has 4 nitrogen and oxygen atoms in total. The van der Waals surface area contributed by atoms with Gasteiger partial charge in [-0.1, -0.05) is 25.1 Å². The van der Waals surface area contributed by atoms with Gasteiger partial charge in [-0.3, -0.25) is 0 Å². The van der Waals surface area contributed by atoms with Crippen LogP contribution >= 0.6 is 23.3 Å². The van der Waals surface area contributed by atoms with Crippen LogP contribution in [0.25, 0.3) is 0 Å². The lowest BCUT2D eigenvalue weighted by Gasteiger charge is -2.39. The van der Waals surface area contributed by atoms with Crippen LogP contribution in [0, 0.1) is 6.92 Å². The van der Waals surface area contributed by atoms with Crippen LogP contribution in [0.1, 0.15) is 38.4 Å². The first-order valence-electron chi connectivity index (χ1n) is 6.50. The van der Waals surface area contributed by atoms with Gasteiger partial charge in [-0.15, -0.1) is 0 Å². The number of nitrogens with zero attached hydrogens (tertiary/aromatic N) is 2. The summed E-state index contributed by atoms with van der Waals surface area (Å²) in [6.45, 7) is 5.17. The predicted octanol–water partition coefficient (Wildman–Crippen LogP) is 2.22. The van der Waals surface area contributed by atoms with Crippen molar-refractivity contribution >= 4 is 23.3 Å². The molecule has 2 atom stereocenters. The molecule has 0 saturated heterocycles. The highest BCUT2D eigenvalue weighted by Crippen LogP contribution is 2.38. The quantitative estimate of drug-likeness (QED) is 0.869. The van der Waals surface area contributed by atoms with Crippen molar-refractivity contribution < 1.29 is 5.11 Å². The van der Waals surface area contributed by atoms with E-state index >= 15 is 0 Å². The van der Waals surface area contributed by atoms with Gasteiger partial charge >= 0.3 is 0 Å². The number of hydrogen-bond donors (Lipinski definition) is 2. The normalized spacial score (nSPS) is 28.5. The predicted molar refractivity (Wildman–Crippen MR) is 76.3 cm³/mol. The largest absolute Gasteiger partial charge is 0.394 e. The first-order valence-corrected chi connectivity index (χ1v) is 8.15. The van der Waals surface area contributed by atoms with Crippen molar-refractivity contribution in [1.29, 1.82) is 0 Å². The molecule has 0 aliphatic heterocycles. The SMILES string of the molecule is CCNC1(CO)CCCC(Sc2nc(C)ns2)C1.